The van der Waals surface area contributed by atoms with Crippen molar-refractivity contribution in [2.45, 2.75) is 32.7 Å². The number of methoxy groups -OCH3 is 2. The lowest BCUT2D eigenvalue weighted by atomic mass is 10.0. The second-order valence-corrected chi connectivity index (χ2v) is 6.76. The van der Waals surface area contributed by atoms with E-state index in [4.69, 9.17) is 25.8 Å². The molecular weight excluding hydrogens is 384 g/mol. The van der Waals surface area contributed by atoms with Crippen LogP contribution in [0.1, 0.15) is 35.8 Å². The lowest BCUT2D eigenvalue weighted by molar-refractivity contribution is 0.102. The van der Waals surface area contributed by atoms with Gasteiger partial charge in [0.25, 0.3) is 11.5 Å². The van der Waals surface area contributed by atoms with Gasteiger partial charge in [0, 0.05) is 30.4 Å². The molecule has 0 unspecified atom stereocenters. The minimum atomic E-state index is -0.378. The Hall–Kier alpha value is -2.67. The first-order valence-electron chi connectivity index (χ1n) is 9.12. The third kappa shape index (κ3) is 3.80. The average molecular weight is 407 g/mol. The maximum atomic E-state index is 13.2. The quantitative estimate of drug-likeness (QED) is 0.794. The molecule has 1 N–H and O–H groups in total. The number of ether oxygens (including phenoxy) is 3. The Bertz CT molecular complexity index is 955. The van der Waals surface area contributed by atoms with Gasteiger partial charge in [-0.1, -0.05) is 11.6 Å². The second-order valence-electron chi connectivity index (χ2n) is 6.35. The SMILES string of the molecule is CCOc1cc(=O)n2c(c1C(=O)Nc1cc(OC)c(Cl)cc1OC)CCCC2. The number of hydrogen-bond acceptors (Lipinski definition) is 5. The van der Waals surface area contributed by atoms with Gasteiger partial charge >= 0.3 is 0 Å². The van der Waals surface area contributed by atoms with E-state index in [1.807, 2.05) is 6.92 Å². The van der Waals surface area contributed by atoms with Crippen molar-refractivity contribution in [1.29, 1.82) is 0 Å². The van der Waals surface area contributed by atoms with E-state index in [2.05, 4.69) is 5.32 Å². The lowest BCUT2D eigenvalue weighted by Gasteiger charge is -2.23. The van der Waals surface area contributed by atoms with Gasteiger partial charge in [-0.25, -0.2) is 0 Å². The standard InChI is InChI=1S/C20H23ClN2O5/c1-4-28-17-11-18(24)23-8-6-5-7-14(23)19(17)20(25)22-13-10-15(26-2)12(21)9-16(13)27-3/h9-11H,4-8H2,1-3H3,(H,22,25). The number of halogens is 1. The van der Waals surface area contributed by atoms with Crippen molar-refractivity contribution in [3.05, 3.63) is 44.8 Å². The van der Waals surface area contributed by atoms with Crippen molar-refractivity contribution in [2.24, 2.45) is 0 Å². The summed E-state index contributed by atoms with van der Waals surface area (Å²) in [6, 6.07) is 4.55. The number of carbonyl (C=O) groups excluding carboxylic acids is 1. The fraction of sp³-hybridized carbons (Fsp3) is 0.400. The van der Waals surface area contributed by atoms with E-state index in [1.54, 1.807) is 16.7 Å². The molecule has 8 heteroatoms. The number of rotatable bonds is 6. The Morgan fingerprint density at radius 2 is 1.89 bits per heavy atom. The highest BCUT2D eigenvalue weighted by atomic mass is 35.5. The third-order valence-electron chi connectivity index (χ3n) is 4.68. The Kier molecular flexibility index (Phi) is 6.14. The molecule has 0 aliphatic carbocycles. The summed E-state index contributed by atoms with van der Waals surface area (Å²) >= 11 is 6.14. The van der Waals surface area contributed by atoms with Gasteiger partial charge in [0.05, 0.1) is 31.5 Å². The second kappa shape index (κ2) is 8.56. The molecule has 1 amide bonds. The number of amides is 1. The van der Waals surface area contributed by atoms with E-state index >= 15 is 0 Å². The highest BCUT2D eigenvalue weighted by molar-refractivity contribution is 6.32. The molecule has 0 atom stereocenters. The van der Waals surface area contributed by atoms with Crippen LogP contribution in [0.4, 0.5) is 5.69 Å². The highest BCUT2D eigenvalue weighted by Crippen LogP contribution is 2.36. The van der Waals surface area contributed by atoms with E-state index in [0.717, 1.165) is 12.8 Å². The maximum absolute atomic E-state index is 13.2. The molecule has 0 radical (unpaired) electrons. The number of carbonyl (C=O) groups is 1. The van der Waals surface area contributed by atoms with Gasteiger partial charge in [0.1, 0.15) is 22.8 Å². The molecule has 0 saturated heterocycles. The number of hydrogen-bond donors (Lipinski definition) is 1. The van der Waals surface area contributed by atoms with Crippen LogP contribution >= 0.6 is 11.6 Å². The predicted octanol–water partition coefficient (Wildman–Crippen LogP) is 3.51. The molecule has 0 saturated carbocycles. The number of fused-ring (bicyclic) bond motifs is 1. The molecule has 0 spiro atoms. The van der Waals surface area contributed by atoms with Gasteiger partial charge < -0.3 is 24.1 Å². The predicted molar refractivity (Wildman–Crippen MR) is 107 cm³/mol. The van der Waals surface area contributed by atoms with Crippen molar-refractivity contribution in [3.63, 3.8) is 0 Å². The van der Waals surface area contributed by atoms with Crippen molar-refractivity contribution < 1.29 is 19.0 Å². The molecule has 2 heterocycles. The number of nitrogens with zero attached hydrogens (tertiary/aromatic N) is 1. The first-order chi connectivity index (χ1) is 13.5. The summed E-state index contributed by atoms with van der Waals surface area (Å²) in [7, 11) is 2.98. The summed E-state index contributed by atoms with van der Waals surface area (Å²) in [5, 5.41) is 3.22. The zero-order valence-corrected chi connectivity index (χ0v) is 16.9. The van der Waals surface area contributed by atoms with Crippen molar-refractivity contribution in [3.8, 4) is 17.2 Å². The number of pyridine rings is 1. The van der Waals surface area contributed by atoms with Crippen LogP contribution in [-0.4, -0.2) is 31.3 Å². The van der Waals surface area contributed by atoms with Crippen LogP contribution in [0.2, 0.25) is 5.02 Å². The van der Waals surface area contributed by atoms with E-state index < -0.39 is 0 Å². The Morgan fingerprint density at radius 3 is 2.57 bits per heavy atom. The topological polar surface area (TPSA) is 78.8 Å². The minimum absolute atomic E-state index is 0.152. The third-order valence-corrected chi connectivity index (χ3v) is 4.97. The van der Waals surface area contributed by atoms with E-state index in [-0.39, 0.29) is 17.2 Å². The zero-order valence-electron chi connectivity index (χ0n) is 16.1. The Morgan fingerprint density at radius 1 is 1.14 bits per heavy atom. The van der Waals surface area contributed by atoms with Gasteiger partial charge in [-0.15, -0.1) is 0 Å². The number of nitrogens with one attached hydrogen (secondary N) is 1. The molecule has 0 fully saturated rings. The molecule has 2 aromatic rings. The van der Waals surface area contributed by atoms with Crippen LogP contribution in [0.3, 0.4) is 0 Å². The van der Waals surface area contributed by atoms with Crippen LogP contribution in [0.5, 0.6) is 17.2 Å². The summed E-state index contributed by atoms with van der Waals surface area (Å²) < 4.78 is 17.8. The number of benzene rings is 1. The first-order valence-corrected chi connectivity index (χ1v) is 9.50. The number of aromatic nitrogens is 1. The average Bonchev–Trinajstić information content (AvgIpc) is 2.69. The van der Waals surface area contributed by atoms with Gasteiger partial charge in [0.15, 0.2) is 0 Å². The summed E-state index contributed by atoms with van der Waals surface area (Å²) in [5.74, 6) is 0.725. The highest BCUT2D eigenvalue weighted by Gasteiger charge is 2.25. The Balaban J connectivity index is 2.07. The van der Waals surface area contributed by atoms with Crippen LogP contribution < -0.4 is 25.1 Å². The minimum Gasteiger partial charge on any atom is -0.495 e. The van der Waals surface area contributed by atoms with E-state index in [1.165, 1.54) is 20.3 Å². The summed E-state index contributed by atoms with van der Waals surface area (Å²) in [6.45, 7) is 2.76. The zero-order chi connectivity index (χ0) is 20.3. The van der Waals surface area contributed by atoms with Crippen LogP contribution in [-0.2, 0) is 13.0 Å². The smallest absolute Gasteiger partial charge is 0.261 e. The molecule has 7 nitrogen and oxygen atoms in total. The lowest BCUT2D eigenvalue weighted by Crippen LogP contribution is -2.31. The molecule has 3 rings (SSSR count). The summed E-state index contributed by atoms with van der Waals surface area (Å²) in [4.78, 5) is 25.6. The van der Waals surface area contributed by atoms with Crippen molar-refractivity contribution in [2.75, 3.05) is 26.1 Å². The van der Waals surface area contributed by atoms with E-state index in [0.29, 0.717) is 53.0 Å². The molecule has 0 bridgehead atoms. The largest absolute Gasteiger partial charge is 0.495 e. The molecule has 1 aromatic carbocycles. The fourth-order valence-corrected chi connectivity index (χ4v) is 3.63. The molecule has 1 aliphatic rings. The normalized spacial score (nSPS) is 12.9. The van der Waals surface area contributed by atoms with Crippen molar-refractivity contribution in [1.82, 2.24) is 4.57 Å². The van der Waals surface area contributed by atoms with Gasteiger partial charge in [-0.3, -0.25) is 9.59 Å². The summed E-state index contributed by atoms with van der Waals surface area (Å²) in [5.41, 5.74) is 1.33. The fourth-order valence-electron chi connectivity index (χ4n) is 3.40. The molecule has 1 aliphatic heterocycles. The monoisotopic (exact) mass is 406 g/mol. The summed E-state index contributed by atoms with van der Waals surface area (Å²) in [6.07, 6.45) is 2.46. The van der Waals surface area contributed by atoms with Crippen LogP contribution in [0.25, 0.3) is 0 Å². The van der Waals surface area contributed by atoms with Gasteiger partial charge in [-0.2, -0.15) is 0 Å². The van der Waals surface area contributed by atoms with Gasteiger partial charge in [0.2, 0.25) is 0 Å². The van der Waals surface area contributed by atoms with Crippen LogP contribution in [0, 0.1) is 0 Å². The number of anilines is 1. The maximum Gasteiger partial charge on any atom is 0.261 e. The first kappa shape index (κ1) is 20.1. The van der Waals surface area contributed by atoms with Crippen LogP contribution in [0.15, 0.2) is 23.0 Å². The molecule has 28 heavy (non-hydrogen) atoms. The molecule has 150 valence electrons. The van der Waals surface area contributed by atoms with E-state index in [9.17, 15) is 9.59 Å². The Labute approximate surface area is 168 Å². The van der Waals surface area contributed by atoms with Crippen molar-refractivity contribution >= 4 is 23.2 Å². The molecular formula is C20H23ClN2O5. The molecule has 1 aromatic heterocycles. The van der Waals surface area contributed by atoms with Gasteiger partial charge in [-0.05, 0) is 26.2 Å².